The van der Waals surface area contributed by atoms with Gasteiger partial charge in [-0.05, 0) is 103 Å². The fourth-order valence-corrected chi connectivity index (χ4v) is 10.4. The number of aryl methyl sites for hydroxylation is 3. The minimum atomic E-state index is -0.452. The highest BCUT2D eigenvalue weighted by molar-refractivity contribution is 5.99. The molecule has 1 aliphatic rings. The van der Waals surface area contributed by atoms with Crippen molar-refractivity contribution < 1.29 is 19.3 Å². The van der Waals surface area contributed by atoms with E-state index >= 15 is 0 Å². The summed E-state index contributed by atoms with van der Waals surface area (Å²) < 4.78 is 0. The van der Waals surface area contributed by atoms with Crippen LogP contribution in [0.2, 0.25) is 0 Å². The van der Waals surface area contributed by atoms with Crippen LogP contribution in [0.25, 0.3) is 11.4 Å². The second-order valence-corrected chi connectivity index (χ2v) is 26.4. The number of benzene rings is 3. The Morgan fingerprint density at radius 2 is 1.18 bits per heavy atom. The summed E-state index contributed by atoms with van der Waals surface area (Å²) in [6.07, 6.45) is 9.04. The number of nitriles is 1. The van der Waals surface area contributed by atoms with Crippen LogP contribution in [0, 0.1) is 58.5 Å². The summed E-state index contributed by atoms with van der Waals surface area (Å²) in [6.45, 7) is 28.6. The number of carbonyl (C=O) groups excluding carboxylic acids is 3. The van der Waals surface area contributed by atoms with E-state index in [0.29, 0.717) is 69.9 Å². The maximum atomic E-state index is 12.1. The van der Waals surface area contributed by atoms with Gasteiger partial charge < -0.3 is 51.9 Å². The van der Waals surface area contributed by atoms with Crippen molar-refractivity contribution in [3.63, 3.8) is 0 Å². The Kier molecular flexibility index (Phi) is 23.5. The third kappa shape index (κ3) is 20.0. The summed E-state index contributed by atoms with van der Waals surface area (Å²) >= 11 is 0. The molecule has 0 spiro atoms. The van der Waals surface area contributed by atoms with Crippen LogP contribution in [0.5, 0.6) is 0 Å². The molecule has 1 aliphatic carbocycles. The molecule has 1 saturated carbocycles. The van der Waals surface area contributed by atoms with Gasteiger partial charge in [-0.2, -0.15) is 20.3 Å². The van der Waals surface area contributed by atoms with Crippen LogP contribution >= 0.6 is 0 Å². The van der Waals surface area contributed by atoms with Gasteiger partial charge in [0, 0.05) is 108 Å². The molecule has 25 heteroatoms. The van der Waals surface area contributed by atoms with Crippen molar-refractivity contribution in [1.29, 1.82) is 5.26 Å². The number of H-pyrrole nitrogens is 1. The van der Waals surface area contributed by atoms with Crippen molar-refractivity contribution in [3.05, 3.63) is 123 Å². The van der Waals surface area contributed by atoms with Crippen molar-refractivity contribution in [2.24, 2.45) is 16.2 Å². The highest BCUT2D eigenvalue weighted by Gasteiger charge is 2.29. The predicted octanol–water partition coefficient (Wildman–Crippen LogP) is 12.2. The van der Waals surface area contributed by atoms with Crippen molar-refractivity contribution >= 4 is 86.9 Å². The molecule has 0 bridgehead atoms. The Balaban J connectivity index is 0.000000218. The van der Waals surface area contributed by atoms with E-state index < -0.39 is 4.92 Å². The summed E-state index contributed by atoms with van der Waals surface area (Å²) in [5, 5.41) is 50.0. The van der Waals surface area contributed by atoms with Crippen LogP contribution in [0.15, 0.2) is 79.5 Å². The zero-order chi connectivity index (χ0) is 67.1. The molecule has 7 aromatic rings. The number of hydrogen-bond donors (Lipinski definition) is 8. The summed E-state index contributed by atoms with van der Waals surface area (Å²) in [5.41, 5.74) is 8.60. The maximum Gasteiger partial charge on any atom is 0.353 e. The monoisotopic (exact) mass is 1240 g/mol. The molecule has 91 heavy (non-hydrogen) atoms. The van der Waals surface area contributed by atoms with Gasteiger partial charge in [-0.1, -0.05) is 99.4 Å². The average Bonchev–Trinajstić information content (AvgIpc) is 1.34. The third-order valence-electron chi connectivity index (χ3n) is 14.3. The number of aromatic amines is 1. The Morgan fingerprint density at radius 3 is 1.68 bits per heavy atom. The summed E-state index contributed by atoms with van der Waals surface area (Å²) in [4.78, 5) is 79.7. The van der Waals surface area contributed by atoms with Gasteiger partial charge in [0.25, 0.3) is 11.8 Å². The Hall–Kier alpha value is -9.99. The Labute approximate surface area is 534 Å². The van der Waals surface area contributed by atoms with E-state index in [2.05, 4.69) is 141 Å². The molecule has 1 fully saturated rings. The minimum Gasteiger partial charge on any atom is -0.372 e. The molecule has 3 amide bonds. The number of nitrogens with one attached hydrogen (secondary N) is 8. The topological polar surface area (TPSA) is 318 Å². The Bertz CT molecular complexity index is 3730. The summed E-state index contributed by atoms with van der Waals surface area (Å²) in [6, 6.07) is 21.0. The van der Waals surface area contributed by atoms with E-state index in [1.54, 1.807) is 56.5 Å². The SMILES string of the molecule is CNC(=O)c1ccc(C)c(Nc2nc(NC3CCCC3)nc(N(C)CC(C)(C)C)c2C#N)c1.CNC(=O)c1ccc(C)c(Nc2nccc(N(C)CC(C)(C)C)c2NC(C)=O)c1.Cc1ccc(-c2ncn[nH]2)cc1Nc1ncnc(N(C)CC(C)(C)C)c1[N+](=O)[O-]. The van der Waals surface area contributed by atoms with Crippen molar-refractivity contribution in [3.8, 4) is 17.5 Å². The molecular weight excluding hydrogens is 1150 g/mol. The molecule has 0 atom stereocenters. The molecule has 4 aromatic heterocycles. The zero-order valence-electron chi connectivity index (χ0n) is 55.9. The number of hydrogen-bond acceptors (Lipinski definition) is 20. The normalized spacial score (nSPS) is 12.2. The second kappa shape index (κ2) is 30.5. The third-order valence-corrected chi connectivity index (χ3v) is 14.3. The van der Waals surface area contributed by atoms with Crippen LogP contribution in [0.1, 0.15) is 138 Å². The van der Waals surface area contributed by atoms with E-state index in [0.717, 1.165) is 65.2 Å². The number of rotatable bonds is 19. The molecule has 25 nitrogen and oxygen atoms in total. The van der Waals surface area contributed by atoms with Gasteiger partial charge in [0.2, 0.25) is 23.5 Å². The smallest absolute Gasteiger partial charge is 0.353 e. The quantitative estimate of drug-likeness (QED) is 0.0275. The van der Waals surface area contributed by atoms with Gasteiger partial charge in [0.1, 0.15) is 30.0 Å². The number of pyridine rings is 1. The van der Waals surface area contributed by atoms with Gasteiger partial charge in [-0.25, -0.2) is 19.9 Å². The van der Waals surface area contributed by atoms with E-state index in [4.69, 9.17) is 9.97 Å². The summed E-state index contributed by atoms with van der Waals surface area (Å²) in [5.74, 6) is 2.56. The molecule has 8 rings (SSSR count). The first-order valence-electron chi connectivity index (χ1n) is 30.2. The number of carbonyl (C=O) groups is 3. The predicted molar refractivity (Wildman–Crippen MR) is 364 cm³/mol. The number of nitrogens with zero attached hydrogens (tertiary/aromatic N) is 12. The van der Waals surface area contributed by atoms with Crippen LogP contribution in [-0.4, -0.2) is 124 Å². The van der Waals surface area contributed by atoms with Crippen molar-refractivity contribution in [1.82, 2.24) is 50.7 Å². The fourth-order valence-electron chi connectivity index (χ4n) is 10.4. The van der Waals surface area contributed by atoms with Gasteiger partial charge in [0.15, 0.2) is 23.3 Å². The summed E-state index contributed by atoms with van der Waals surface area (Å²) in [7, 11) is 8.94. The lowest BCUT2D eigenvalue weighted by atomic mass is 9.96. The molecule has 0 unspecified atom stereocenters. The first-order valence-corrected chi connectivity index (χ1v) is 30.2. The molecule has 0 saturated heterocycles. The molecule has 3 aromatic carbocycles. The lowest BCUT2D eigenvalue weighted by Crippen LogP contribution is -2.31. The van der Waals surface area contributed by atoms with Crippen LogP contribution in [0.4, 0.5) is 69.2 Å². The first-order chi connectivity index (χ1) is 42.8. The van der Waals surface area contributed by atoms with Gasteiger partial charge in [-0.3, -0.25) is 29.6 Å². The van der Waals surface area contributed by atoms with Crippen molar-refractivity contribution in [2.45, 2.75) is 122 Å². The van der Waals surface area contributed by atoms with Crippen LogP contribution in [-0.2, 0) is 4.79 Å². The van der Waals surface area contributed by atoms with E-state index in [-0.39, 0.29) is 51.3 Å². The standard InChI is InChI=1S/C25H35N7O.C22H31N5O2.C19H24N8O2/c1-16-11-12-17(23(33)27-5)13-20(16)29-21-19(14-26)22(32(6)15-25(2,3)4)31-24(30-21)28-18-9-7-8-10-18;1-14-8-9-16(21(29)23-6)12-17(14)26-20-19(25-15(2)28)18(10-11-24-20)27(7)13-22(3,4)5;1-12-6-7-13(16-21-11-23-25-16)8-14(12)24-17-15(27(28)29)18(22-10-20-17)26(5)9-19(2,3)4/h11-13,18H,7-10,15H2,1-6H3,(H,27,33)(H2,28,29,30,31);8-12H,13H2,1-7H3,(H,23,29)(H,24,26)(H,25,28);6-8,10-11H,9H2,1-5H3,(H,20,22,24)(H,21,23,25). The van der Waals surface area contributed by atoms with Gasteiger partial charge in [0.05, 0.1) is 10.6 Å². The number of anilines is 11. The van der Waals surface area contributed by atoms with Crippen LogP contribution in [0.3, 0.4) is 0 Å². The molecule has 4 heterocycles. The first kappa shape index (κ1) is 70.1. The fraction of sp³-hybridized carbons (Fsp3) is 0.439. The van der Waals surface area contributed by atoms with Gasteiger partial charge in [-0.15, -0.1) is 0 Å². The van der Waals surface area contributed by atoms with E-state index in [1.165, 1.54) is 32.4 Å². The zero-order valence-corrected chi connectivity index (χ0v) is 55.9. The second-order valence-electron chi connectivity index (χ2n) is 26.4. The van der Waals surface area contributed by atoms with Gasteiger partial charge >= 0.3 is 5.69 Å². The highest BCUT2D eigenvalue weighted by Crippen LogP contribution is 2.38. The molecule has 0 radical (unpaired) electrons. The number of nitro groups is 1. The molecule has 0 aliphatic heterocycles. The number of aromatic nitrogens is 8. The van der Waals surface area contributed by atoms with Crippen molar-refractivity contribution in [2.75, 3.05) is 96.2 Å². The largest absolute Gasteiger partial charge is 0.372 e. The lowest BCUT2D eigenvalue weighted by molar-refractivity contribution is -0.383. The number of amides is 3. The lowest BCUT2D eigenvalue weighted by Gasteiger charge is -2.30. The molecule has 484 valence electrons. The Morgan fingerprint density at radius 1 is 0.659 bits per heavy atom. The highest BCUT2D eigenvalue weighted by atomic mass is 16.6. The van der Waals surface area contributed by atoms with E-state index in [1.807, 2.05) is 76.2 Å². The minimum absolute atomic E-state index is 0.0253. The average molecular weight is 1240 g/mol. The van der Waals surface area contributed by atoms with Crippen LogP contribution < -0.4 is 51.9 Å². The molecular formula is C66H90N20O5. The maximum absolute atomic E-state index is 12.1. The molecule has 8 N–H and O–H groups in total. The van der Waals surface area contributed by atoms with E-state index in [9.17, 15) is 29.8 Å².